The van der Waals surface area contributed by atoms with E-state index in [0.29, 0.717) is 5.56 Å². The van der Waals surface area contributed by atoms with Crippen molar-refractivity contribution in [1.29, 1.82) is 0 Å². The molecular formula is C21H21FN4O3. The molecule has 29 heavy (non-hydrogen) atoms. The van der Waals surface area contributed by atoms with Gasteiger partial charge in [0.2, 0.25) is 5.75 Å². The predicted molar refractivity (Wildman–Crippen MR) is 107 cm³/mol. The Hall–Kier alpha value is -3.42. The van der Waals surface area contributed by atoms with Crippen LogP contribution in [-0.4, -0.2) is 33.5 Å². The van der Waals surface area contributed by atoms with Gasteiger partial charge in [0.15, 0.2) is 5.69 Å². The summed E-state index contributed by atoms with van der Waals surface area (Å²) < 4.78 is 14.2. The van der Waals surface area contributed by atoms with E-state index in [1.807, 2.05) is 6.07 Å². The molecule has 1 amide bonds. The van der Waals surface area contributed by atoms with Crippen molar-refractivity contribution in [2.24, 2.45) is 0 Å². The maximum absolute atomic E-state index is 13.0. The lowest BCUT2D eigenvalue weighted by Crippen LogP contribution is -2.30. The third kappa shape index (κ3) is 3.91. The number of aromatic hydroxyl groups is 1. The molecule has 7 nitrogen and oxygen atoms in total. The zero-order chi connectivity index (χ0) is 20.4. The molecule has 1 aliphatic rings. The molecule has 1 fully saturated rings. The second kappa shape index (κ2) is 7.90. The first-order valence-corrected chi connectivity index (χ1v) is 9.56. The van der Waals surface area contributed by atoms with Crippen LogP contribution in [0.25, 0.3) is 5.65 Å². The molecule has 0 spiro atoms. The maximum Gasteiger partial charge on any atom is 0.300 e. The number of hydrogen-bond acceptors (Lipinski definition) is 5. The lowest BCUT2D eigenvalue weighted by atomic mass is 10.1. The highest BCUT2D eigenvalue weighted by Gasteiger charge is 2.19. The molecular weight excluding hydrogens is 375 g/mol. The van der Waals surface area contributed by atoms with Crippen molar-refractivity contribution in [3.05, 3.63) is 70.0 Å². The van der Waals surface area contributed by atoms with Gasteiger partial charge in [-0.1, -0.05) is 12.1 Å². The molecule has 0 saturated carbocycles. The molecule has 0 atom stereocenters. The van der Waals surface area contributed by atoms with Crippen LogP contribution >= 0.6 is 0 Å². The predicted octanol–water partition coefficient (Wildman–Crippen LogP) is 2.46. The minimum atomic E-state index is -0.699. The first kappa shape index (κ1) is 18.9. The summed E-state index contributed by atoms with van der Waals surface area (Å²) in [6, 6.07) is 9.20. The van der Waals surface area contributed by atoms with E-state index < -0.39 is 17.2 Å². The van der Waals surface area contributed by atoms with Crippen LogP contribution in [0.3, 0.4) is 0 Å². The Morgan fingerprint density at radius 3 is 2.55 bits per heavy atom. The van der Waals surface area contributed by atoms with E-state index in [2.05, 4.69) is 15.2 Å². The second-order valence-corrected chi connectivity index (χ2v) is 7.09. The van der Waals surface area contributed by atoms with E-state index >= 15 is 0 Å². The van der Waals surface area contributed by atoms with Crippen molar-refractivity contribution in [3.8, 4) is 5.75 Å². The summed E-state index contributed by atoms with van der Waals surface area (Å²) in [4.78, 5) is 31.4. The van der Waals surface area contributed by atoms with Gasteiger partial charge in [0, 0.05) is 25.8 Å². The van der Waals surface area contributed by atoms with Crippen LogP contribution < -0.4 is 15.8 Å². The second-order valence-electron chi connectivity index (χ2n) is 7.09. The highest BCUT2D eigenvalue weighted by Crippen LogP contribution is 2.20. The van der Waals surface area contributed by atoms with Gasteiger partial charge in [0.05, 0.1) is 5.69 Å². The fourth-order valence-electron chi connectivity index (χ4n) is 3.48. The first-order valence-electron chi connectivity index (χ1n) is 9.56. The lowest BCUT2D eigenvalue weighted by Gasteiger charge is -2.28. The third-order valence-electron chi connectivity index (χ3n) is 5.09. The van der Waals surface area contributed by atoms with Crippen LogP contribution in [0.4, 0.5) is 10.1 Å². The third-order valence-corrected chi connectivity index (χ3v) is 5.09. The van der Waals surface area contributed by atoms with Crippen molar-refractivity contribution in [2.75, 3.05) is 18.0 Å². The Balaban J connectivity index is 1.59. The summed E-state index contributed by atoms with van der Waals surface area (Å²) in [5, 5.41) is 12.9. The fourth-order valence-corrected chi connectivity index (χ4v) is 3.48. The average molecular weight is 396 g/mol. The Morgan fingerprint density at radius 1 is 1.10 bits per heavy atom. The summed E-state index contributed by atoms with van der Waals surface area (Å²) in [5.41, 5.74) is 0.820. The molecule has 8 heteroatoms. The van der Waals surface area contributed by atoms with Gasteiger partial charge in [-0.3, -0.25) is 14.0 Å². The molecule has 3 aromatic rings. The Morgan fingerprint density at radius 2 is 1.83 bits per heavy atom. The molecule has 1 saturated heterocycles. The molecule has 2 aromatic heterocycles. The largest absolute Gasteiger partial charge is 0.501 e. The summed E-state index contributed by atoms with van der Waals surface area (Å²) >= 11 is 0. The van der Waals surface area contributed by atoms with E-state index in [1.165, 1.54) is 23.0 Å². The minimum absolute atomic E-state index is 0.119. The number of hydrogen-bond donors (Lipinski definition) is 2. The first-order chi connectivity index (χ1) is 14.0. The molecule has 4 rings (SSSR count). The Kier molecular flexibility index (Phi) is 5.16. The van der Waals surface area contributed by atoms with Crippen LogP contribution in [0, 0.1) is 5.82 Å². The Labute approximate surface area is 166 Å². The molecule has 0 unspecified atom stereocenters. The number of fused-ring (bicyclic) bond motifs is 1. The molecule has 0 bridgehead atoms. The van der Waals surface area contributed by atoms with Gasteiger partial charge in [-0.2, -0.15) is 0 Å². The average Bonchev–Trinajstić information content (AvgIpc) is 2.76. The quantitative estimate of drug-likeness (QED) is 0.708. The fraction of sp³-hybridized carbons (Fsp3) is 0.286. The maximum atomic E-state index is 13.0. The van der Waals surface area contributed by atoms with Crippen LogP contribution in [0.15, 0.2) is 47.4 Å². The van der Waals surface area contributed by atoms with Crippen LogP contribution in [0.2, 0.25) is 0 Å². The number of pyridine rings is 1. The van der Waals surface area contributed by atoms with Crippen molar-refractivity contribution in [3.63, 3.8) is 0 Å². The molecule has 2 N–H and O–H groups in total. The van der Waals surface area contributed by atoms with Crippen LogP contribution in [0.5, 0.6) is 5.75 Å². The Bertz CT molecular complexity index is 1110. The summed E-state index contributed by atoms with van der Waals surface area (Å²) in [6.07, 6.45) is 5.05. The number of carbonyl (C=O) groups is 1. The van der Waals surface area contributed by atoms with E-state index in [0.717, 1.165) is 31.6 Å². The lowest BCUT2D eigenvalue weighted by molar-refractivity contribution is 0.0942. The standard InChI is InChI=1S/C21H21FN4O3/c22-15-6-4-14(5-7-15)12-23-20(28)18-19(27)21(29)26-13-16(8-9-17(26)24-18)25-10-2-1-3-11-25/h4-9,13,27H,1-3,10-12H2,(H,23,28). The minimum Gasteiger partial charge on any atom is -0.501 e. The summed E-state index contributed by atoms with van der Waals surface area (Å²) in [6.45, 7) is 1.96. The number of aromatic nitrogens is 2. The number of carbonyl (C=O) groups excluding carboxylic acids is 1. The molecule has 0 aliphatic carbocycles. The van der Waals surface area contributed by atoms with Gasteiger partial charge >= 0.3 is 5.56 Å². The van der Waals surface area contributed by atoms with Gasteiger partial charge in [-0.25, -0.2) is 9.37 Å². The van der Waals surface area contributed by atoms with Crippen LogP contribution in [0.1, 0.15) is 35.3 Å². The summed E-state index contributed by atoms with van der Waals surface area (Å²) in [5.74, 6) is -1.74. The number of nitrogens with one attached hydrogen (secondary N) is 1. The van der Waals surface area contributed by atoms with E-state index in [4.69, 9.17) is 0 Å². The number of halogens is 1. The number of nitrogens with zero attached hydrogens (tertiary/aromatic N) is 3. The van der Waals surface area contributed by atoms with E-state index in [-0.39, 0.29) is 23.7 Å². The molecule has 150 valence electrons. The van der Waals surface area contributed by atoms with Gasteiger partial charge in [-0.05, 0) is 49.1 Å². The number of rotatable bonds is 4. The van der Waals surface area contributed by atoms with Crippen LogP contribution in [-0.2, 0) is 6.54 Å². The van der Waals surface area contributed by atoms with Crippen molar-refractivity contribution < 1.29 is 14.3 Å². The molecule has 1 aliphatic heterocycles. The monoisotopic (exact) mass is 396 g/mol. The number of amides is 1. The highest BCUT2D eigenvalue weighted by molar-refractivity contribution is 5.95. The van der Waals surface area contributed by atoms with E-state index in [9.17, 15) is 19.1 Å². The number of anilines is 1. The molecule has 1 aromatic carbocycles. The highest BCUT2D eigenvalue weighted by atomic mass is 19.1. The van der Waals surface area contributed by atoms with Gasteiger partial charge < -0.3 is 15.3 Å². The summed E-state index contributed by atoms with van der Waals surface area (Å²) in [7, 11) is 0. The van der Waals surface area contributed by atoms with Gasteiger partial charge in [0.1, 0.15) is 11.5 Å². The van der Waals surface area contributed by atoms with Gasteiger partial charge in [0.25, 0.3) is 5.91 Å². The molecule has 3 heterocycles. The normalized spacial score (nSPS) is 14.2. The van der Waals surface area contributed by atoms with Crippen molar-refractivity contribution in [1.82, 2.24) is 14.7 Å². The smallest absolute Gasteiger partial charge is 0.300 e. The van der Waals surface area contributed by atoms with Crippen molar-refractivity contribution >= 4 is 17.2 Å². The number of piperidine rings is 1. The zero-order valence-corrected chi connectivity index (χ0v) is 15.8. The van der Waals surface area contributed by atoms with E-state index in [1.54, 1.807) is 24.4 Å². The molecule has 0 radical (unpaired) electrons. The van der Waals surface area contributed by atoms with Crippen molar-refractivity contribution in [2.45, 2.75) is 25.8 Å². The zero-order valence-electron chi connectivity index (χ0n) is 15.8. The topological polar surface area (TPSA) is 86.9 Å². The number of benzene rings is 1. The SMILES string of the molecule is O=C(NCc1ccc(F)cc1)c1nc2ccc(N3CCCCC3)cn2c(=O)c1O. The van der Waals surface area contributed by atoms with Gasteiger partial charge in [-0.15, -0.1) is 0 Å².